The molecule has 5 fully saturated rings. The van der Waals surface area contributed by atoms with E-state index in [0.717, 1.165) is 19.4 Å². The zero-order valence-electron chi connectivity index (χ0n) is 17.1. The van der Waals surface area contributed by atoms with Gasteiger partial charge in [-0.3, -0.25) is 9.59 Å². The molecule has 0 radical (unpaired) electrons. The van der Waals surface area contributed by atoms with Gasteiger partial charge in [0.1, 0.15) is 12.8 Å². The first-order chi connectivity index (χ1) is 14.3. The van der Waals surface area contributed by atoms with Crippen LogP contribution < -0.4 is 16.0 Å². The summed E-state index contributed by atoms with van der Waals surface area (Å²) in [6.07, 6.45) is 3.89. The van der Waals surface area contributed by atoms with Gasteiger partial charge in [-0.2, -0.15) is 5.26 Å². The molecule has 5 aliphatic rings. The highest BCUT2D eigenvalue weighted by Gasteiger charge is 2.72. The van der Waals surface area contributed by atoms with E-state index in [2.05, 4.69) is 22.0 Å². The maximum atomic E-state index is 13.7. The summed E-state index contributed by atoms with van der Waals surface area (Å²) in [5.41, 5.74) is -0.619. The fourth-order valence-electron chi connectivity index (χ4n) is 5.51. The summed E-state index contributed by atoms with van der Waals surface area (Å²) < 4.78 is 19.2. The molecule has 2 amide bonds. The van der Waals surface area contributed by atoms with E-state index in [4.69, 9.17) is 21.6 Å². The van der Waals surface area contributed by atoms with Crippen LogP contribution in [0.25, 0.3) is 0 Å². The molecule has 4 saturated carbocycles. The average molecular weight is 441 g/mol. The molecule has 1 heterocycles. The van der Waals surface area contributed by atoms with Gasteiger partial charge in [-0.15, -0.1) is 11.6 Å². The summed E-state index contributed by atoms with van der Waals surface area (Å²) in [4.78, 5) is 24.8. The molecule has 3 N–H and O–H groups in total. The number of ether oxygens (including phenoxy) is 1. The van der Waals surface area contributed by atoms with Gasteiger partial charge in [0.2, 0.25) is 11.8 Å². The van der Waals surface area contributed by atoms with Crippen molar-refractivity contribution in [3.05, 3.63) is 0 Å². The largest absolute Gasteiger partial charge is 0.368 e. The third-order valence-electron chi connectivity index (χ3n) is 7.24. The van der Waals surface area contributed by atoms with Crippen LogP contribution in [0.5, 0.6) is 0 Å². The fourth-order valence-corrected chi connectivity index (χ4v) is 5.73. The lowest BCUT2D eigenvalue weighted by Gasteiger charge is -2.69. The smallest absolute Gasteiger partial charge is 0.246 e. The van der Waals surface area contributed by atoms with Crippen molar-refractivity contribution in [1.82, 2.24) is 16.0 Å². The molecule has 1 saturated heterocycles. The summed E-state index contributed by atoms with van der Waals surface area (Å²) in [6.45, 7) is 1.30. The van der Waals surface area contributed by atoms with Crippen molar-refractivity contribution in [2.24, 2.45) is 11.3 Å². The van der Waals surface area contributed by atoms with Crippen molar-refractivity contribution in [1.29, 1.82) is 5.26 Å². The Bertz CT molecular complexity index is 702. The van der Waals surface area contributed by atoms with Crippen LogP contribution in [0.1, 0.15) is 51.4 Å². The Morgan fingerprint density at radius 1 is 1.23 bits per heavy atom. The Labute approximate surface area is 181 Å². The van der Waals surface area contributed by atoms with Crippen LogP contribution in [-0.2, 0) is 14.3 Å². The lowest BCUT2D eigenvalue weighted by atomic mass is 9.39. The Kier molecular flexibility index (Phi) is 6.25. The van der Waals surface area contributed by atoms with Gasteiger partial charge in [0.05, 0.1) is 29.0 Å². The number of nitrogens with zero attached hydrogens (tertiary/aromatic N) is 1. The topological polar surface area (TPSA) is 103 Å². The summed E-state index contributed by atoms with van der Waals surface area (Å²) in [6, 6.07) is 2.15. The van der Waals surface area contributed by atoms with Gasteiger partial charge in [0.25, 0.3) is 0 Å². The highest BCUT2D eigenvalue weighted by atomic mass is 35.5. The van der Waals surface area contributed by atoms with Gasteiger partial charge >= 0.3 is 0 Å². The fraction of sp³-hybridized carbons (Fsp3) is 0.857. The highest BCUT2D eigenvalue weighted by Crippen LogP contribution is 2.67. The Balaban J connectivity index is 1.12. The second kappa shape index (κ2) is 8.60. The maximum Gasteiger partial charge on any atom is 0.246 e. The molecule has 5 rings (SSSR count). The van der Waals surface area contributed by atoms with Gasteiger partial charge in [-0.1, -0.05) is 0 Å². The molecule has 1 aliphatic heterocycles. The van der Waals surface area contributed by atoms with Crippen molar-refractivity contribution < 1.29 is 18.7 Å². The zero-order valence-corrected chi connectivity index (χ0v) is 17.8. The molecular weight excluding hydrogens is 411 g/mol. The van der Waals surface area contributed by atoms with Gasteiger partial charge in [-0.25, -0.2) is 4.39 Å². The number of halogens is 2. The van der Waals surface area contributed by atoms with Crippen LogP contribution in [0.3, 0.4) is 0 Å². The number of piperidine rings is 1. The number of hydrogen-bond donors (Lipinski definition) is 3. The third kappa shape index (κ3) is 4.44. The lowest BCUT2D eigenvalue weighted by Crippen LogP contribution is -2.78. The van der Waals surface area contributed by atoms with Crippen LogP contribution in [-0.4, -0.2) is 60.7 Å². The molecule has 0 spiro atoms. The predicted octanol–water partition coefficient (Wildman–Crippen LogP) is 1.55. The quantitative estimate of drug-likeness (QED) is 0.521. The van der Waals surface area contributed by atoms with Crippen molar-refractivity contribution in [3.63, 3.8) is 0 Å². The SMILES string of the molecule is N#CC1CCC(CNC(=O)C23CC(NC(=O)COC4CCC(Cl)C(F)C4)(C2)C3)CN1. The first-order valence-electron chi connectivity index (χ1n) is 11.0. The third-order valence-corrected chi connectivity index (χ3v) is 7.73. The van der Waals surface area contributed by atoms with Crippen molar-refractivity contribution >= 4 is 23.4 Å². The first-order valence-corrected chi connectivity index (χ1v) is 11.4. The minimum atomic E-state index is -1.08. The molecule has 0 aromatic carbocycles. The number of nitrogens with one attached hydrogen (secondary N) is 3. The number of rotatable bonds is 7. The number of carbonyl (C=O) groups is 2. The maximum absolute atomic E-state index is 13.7. The molecule has 9 heteroatoms. The summed E-state index contributed by atoms with van der Waals surface area (Å²) in [5.74, 6) is 0.228. The number of amides is 2. The molecule has 166 valence electrons. The van der Waals surface area contributed by atoms with Crippen molar-refractivity contribution in [2.45, 2.75) is 80.6 Å². The molecule has 7 nitrogen and oxygen atoms in total. The number of nitriles is 1. The monoisotopic (exact) mass is 440 g/mol. The highest BCUT2D eigenvalue weighted by molar-refractivity contribution is 6.21. The van der Waals surface area contributed by atoms with E-state index >= 15 is 0 Å². The average Bonchev–Trinajstić information content (AvgIpc) is 2.69. The van der Waals surface area contributed by atoms with E-state index in [1.807, 2.05) is 0 Å². The number of hydrogen-bond acceptors (Lipinski definition) is 5. The van der Waals surface area contributed by atoms with E-state index in [0.29, 0.717) is 44.6 Å². The minimum Gasteiger partial charge on any atom is -0.368 e. The normalized spacial score (nSPS) is 42.2. The van der Waals surface area contributed by atoms with Crippen molar-refractivity contribution in [3.8, 4) is 6.07 Å². The first kappa shape index (κ1) is 21.8. The lowest BCUT2D eigenvalue weighted by molar-refractivity contribution is -0.185. The van der Waals surface area contributed by atoms with Crippen LogP contribution in [0, 0.1) is 22.7 Å². The van der Waals surface area contributed by atoms with Crippen LogP contribution in [0.15, 0.2) is 0 Å². The number of alkyl halides is 2. The minimum absolute atomic E-state index is 0.0732. The predicted molar refractivity (Wildman–Crippen MR) is 108 cm³/mol. The van der Waals surface area contributed by atoms with E-state index < -0.39 is 11.5 Å². The van der Waals surface area contributed by atoms with Gasteiger partial charge in [0, 0.05) is 25.0 Å². The van der Waals surface area contributed by atoms with Gasteiger partial charge < -0.3 is 20.7 Å². The molecule has 30 heavy (non-hydrogen) atoms. The standard InChI is InChI=1S/C21H30ClFN4O3/c22-16-4-3-15(5-17(16)23)30-9-18(28)27-21-10-20(11-21,12-21)19(29)26-8-13-1-2-14(6-24)25-7-13/h13-17,25H,1-5,7-12H2,(H,26,29)(H,27,28). The summed E-state index contributed by atoms with van der Waals surface area (Å²) in [7, 11) is 0. The van der Waals surface area contributed by atoms with E-state index in [1.54, 1.807) is 0 Å². The van der Waals surface area contributed by atoms with Crippen LogP contribution in [0.2, 0.25) is 0 Å². The molecular formula is C21H30ClFN4O3. The molecule has 5 unspecified atom stereocenters. The molecule has 0 aromatic rings. The Hall–Kier alpha value is -1.43. The van der Waals surface area contributed by atoms with Crippen LogP contribution in [0.4, 0.5) is 4.39 Å². The Morgan fingerprint density at radius 2 is 2.00 bits per heavy atom. The molecule has 5 atom stereocenters. The van der Waals surface area contributed by atoms with E-state index in [9.17, 15) is 14.0 Å². The van der Waals surface area contributed by atoms with Crippen LogP contribution >= 0.6 is 11.6 Å². The second-order valence-corrected chi connectivity index (χ2v) is 10.2. The van der Waals surface area contributed by atoms with E-state index in [-0.39, 0.29) is 47.9 Å². The summed E-state index contributed by atoms with van der Waals surface area (Å²) >= 11 is 5.87. The molecule has 4 aliphatic carbocycles. The van der Waals surface area contributed by atoms with E-state index in [1.165, 1.54) is 0 Å². The molecule has 2 bridgehead atoms. The zero-order chi connectivity index (χ0) is 21.4. The summed E-state index contributed by atoms with van der Waals surface area (Å²) in [5, 5.41) is 17.7. The van der Waals surface area contributed by atoms with Crippen molar-refractivity contribution in [2.75, 3.05) is 19.7 Å². The molecule has 0 aromatic heterocycles. The van der Waals surface area contributed by atoms with Gasteiger partial charge in [0.15, 0.2) is 0 Å². The second-order valence-electron chi connectivity index (χ2n) is 9.66. The Morgan fingerprint density at radius 3 is 2.63 bits per heavy atom. The van der Waals surface area contributed by atoms with Gasteiger partial charge in [-0.05, 0) is 50.9 Å². The number of carbonyl (C=O) groups excluding carboxylic acids is 2.